The van der Waals surface area contributed by atoms with Gasteiger partial charge in [-0.3, -0.25) is 29.1 Å². The quantitative estimate of drug-likeness (QED) is 0.427. The van der Waals surface area contributed by atoms with Gasteiger partial charge in [0.2, 0.25) is 11.8 Å². The van der Waals surface area contributed by atoms with E-state index in [1.165, 1.54) is 4.57 Å². The molecule has 0 radical (unpaired) electrons. The van der Waals surface area contributed by atoms with Crippen LogP contribution in [0.4, 0.5) is 0 Å². The number of imide groups is 1. The fourth-order valence-electron chi connectivity index (χ4n) is 3.76. The van der Waals surface area contributed by atoms with Crippen molar-refractivity contribution in [2.45, 2.75) is 37.2 Å². The van der Waals surface area contributed by atoms with Gasteiger partial charge in [-0.1, -0.05) is 12.1 Å². The molecule has 3 aromatic rings. The highest BCUT2D eigenvalue weighted by Gasteiger charge is 2.30. The summed E-state index contributed by atoms with van der Waals surface area (Å²) in [6, 6.07) is 11.2. The number of thiol groups is 1. The van der Waals surface area contributed by atoms with E-state index in [4.69, 9.17) is 0 Å². The average Bonchev–Trinajstić information content (AvgIpc) is 2.73. The Bertz CT molecular complexity index is 1270. The molecule has 1 saturated heterocycles. The lowest BCUT2D eigenvalue weighted by Gasteiger charge is -2.24. The van der Waals surface area contributed by atoms with Crippen LogP contribution in [-0.2, 0) is 16.1 Å². The van der Waals surface area contributed by atoms with Gasteiger partial charge in [-0.25, -0.2) is 4.98 Å². The number of carbonyl (C=O) groups excluding carboxylic acids is 3. The van der Waals surface area contributed by atoms with Gasteiger partial charge < -0.3 is 5.32 Å². The molecule has 1 aromatic heterocycles. The number of hydrogen-bond acceptors (Lipinski definition) is 6. The van der Waals surface area contributed by atoms with Crippen molar-refractivity contribution in [2.75, 3.05) is 0 Å². The zero-order valence-corrected chi connectivity index (χ0v) is 17.6. The molecule has 0 saturated carbocycles. The third kappa shape index (κ3) is 4.09. The molecule has 31 heavy (non-hydrogen) atoms. The van der Waals surface area contributed by atoms with E-state index in [2.05, 4.69) is 28.2 Å². The number of rotatable bonds is 4. The molecule has 2 aromatic carbocycles. The fraction of sp³-hybridized carbons (Fsp3) is 0.227. The van der Waals surface area contributed by atoms with Crippen LogP contribution in [0.1, 0.15) is 40.6 Å². The summed E-state index contributed by atoms with van der Waals surface area (Å²) >= 11 is 4.21. The van der Waals surface area contributed by atoms with Crippen LogP contribution in [0.15, 0.2) is 52.2 Å². The number of nitrogens with zero attached hydrogens (tertiary/aromatic N) is 2. The van der Waals surface area contributed by atoms with Gasteiger partial charge in [-0.05, 0) is 49.2 Å². The Morgan fingerprint density at radius 1 is 1.19 bits per heavy atom. The molecule has 4 rings (SSSR count). The second-order valence-electron chi connectivity index (χ2n) is 7.34. The van der Waals surface area contributed by atoms with E-state index in [0.29, 0.717) is 27.9 Å². The van der Waals surface area contributed by atoms with Gasteiger partial charge in [0.15, 0.2) is 0 Å². The first-order chi connectivity index (χ1) is 14.8. The van der Waals surface area contributed by atoms with Crippen molar-refractivity contribution in [3.63, 3.8) is 0 Å². The summed E-state index contributed by atoms with van der Waals surface area (Å²) in [5.41, 5.74) is 1.18. The number of piperidine rings is 1. The molecule has 1 fully saturated rings. The van der Waals surface area contributed by atoms with Crippen molar-refractivity contribution < 1.29 is 14.4 Å². The number of aromatic nitrogens is 2. The predicted octanol–water partition coefficient (Wildman–Crippen LogP) is 1.90. The molecule has 1 aliphatic rings. The first-order valence-electron chi connectivity index (χ1n) is 9.77. The van der Waals surface area contributed by atoms with Crippen molar-refractivity contribution in [1.82, 2.24) is 20.2 Å². The van der Waals surface area contributed by atoms with E-state index < -0.39 is 11.9 Å². The Morgan fingerprint density at radius 2 is 1.94 bits per heavy atom. The van der Waals surface area contributed by atoms with Crippen LogP contribution >= 0.6 is 12.6 Å². The average molecular weight is 436 g/mol. The van der Waals surface area contributed by atoms with E-state index in [0.717, 1.165) is 4.90 Å². The zero-order valence-electron chi connectivity index (χ0n) is 16.7. The monoisotopic (exact) mass is 436 g/mol. The molecule has 9 heteroatoms. The molecule has 1 aliphatic heterocycles. The molecular formula is C22H20N4O4S. The van der Waals surface area contributed by atoms with Gasteiger partial charge in [0.25, 0.3) is 11.5 Å². The van der Waals surface area contributed by atoms with Crippen LogP contribution in [0, 0.1) is 6.92 Å². The van der Waals surface area contributed by atoms with Gasteiger partial charge in [0, 0.05) is 23.4 Å². The first-order valence-corrected chi connectivity index (χ1v) is 10.2. The van der Waals surface area contributed by atoms with E-state index in [-0.39, 0.29) is 36.8 Å². The van der Waals surface area contributed by atoms with Crippen LogP contribution in [0.3, 0.4) is 0 Å². The third-order valence-corrected chi connectivity index (χ3v) is 5.58. The van der Waals surface area contributed by atoms with Crippen LogP contribution in [-0.4, -0.2) is 27.3 Å². The zero-order chi connectivity index (χ0) is 22.1. The summed E-state index contributed by atoms with van der Waals surface area (Å²) in [4.78, 5) is 54.9. The number of nitrogens with one attached hydrogen (secondary N) is 2. The molecule has 2 N–H and O–H groups in total. The molecule has 158 valence electrons. The summed E-state index contributed by atoms with van der Waals surface area (Å²) in [5, 5.41) is 5.43. The normalized spacial score (nSPS) is 16.3. The van der Waals surface area contributed by atoms with Gasteiger partial charge in [0.05, 0.1) is 10.9 Å². The molecule has 1 atom stereocenters. The Morgan fingerprint density at radius 3 is 2.65 bits per heavy atom. The SMILES string of the molecule is Cc1nc2cccc(CNC(=O)c3ccc(S)cc3)c2c(=O)n1C1CCC(=O)NC1=O. The molecule has 0 spiro atoms. The highest BCUT2D eigenvalue weighted by Crippen LogP contribution is 2.21. The minimum Gasteiger partial charge on any atom is -0.348 e. The van der Waals surface area contributed by atoms with Gasteiger partial charge >= 0.3 is 0 Å². The van der Waals surface area contributed by atoms with Crippen LogP contribution in [0.5, 0.6) is 0 Å². The lowest BCUT2D eigenvalue weighted by molar-refractivity contribution is -0.135. The fourth-order valence-corrected chi connectivity index (χ4v) is 3.90. The maximum Gasteiger partial charge on any atom is 0.262 e. The highest BCUT2D eigenvalue weighted by atomic mass is 32.1. The van der Waals surface area contributed by atoms with Crippen LogP contribution in [0.2, 0.25) is 0 Å². The Hall–Kier alpha value is -3.46. The maximum atomic E-state index is 13.4. The summed E-state index contributed by atoms with van der Waals surface area (Å²) in [6.45, 7) is 1.78. The Kier molecular flexibility index (Phi) is 5.60. The van der Waals surface area contributed by atoms with Crippen molar-refractivity contribution >= 4 is 41.3 Å². The largest absolute Gasteiger partial charge is 0.348 e. The minimum absolute atomic E-state index is 0.119. The Labute approximate surface area is 183 Å². The molecule has 0 bridgehead atoms. The summed E-state index contributed by atoms with van der Waals surface area (Å²) in [6.07, 6.45) is 0.391. The number of amides is 3. The van der Waals surface area contributed by atoms with Gasteiger partial charge in [-0.15, -0.1) is 12.6 Å². The van der Waals surface area contributed by atoms with Gasteiger partial charge in [-0.2, -0.15) is 0 Å². The third-order valence-electron chi connectivity index (χ3n) is 5.28. The van der Waals surface area contributed by atoms with Gasteiger partial charge in [0.1, 0.15) is 11.9 Å². The second kappa shape index (κ2) is 8.35. The van der Waals surface area contributed by atoms with Crippen LogP contribution in [0.25, 0.3) is 10.9 Å². The number of hydrogen-bond donors (Lipinski definition) is 3. The highest BCUT2D eigenvalue weighted by molar-refractivity contribution is 7.80. The van der Waals surface area contributed by atoms with E-state index in [1.54, 1.807) is 49.4 Å². The first kappa shape index (κ1) is 20.8. The molecule has 8 nitrogen and oxygen atoms in total. The number of aryl methyl sites for hydroxylation is 1. The van der Waals surface area contributed by atoms with E-state index in [1.807, 2.05) is 0 Å². The van der Waals surface area contributed by atoms with E-state index >= 15 is 0 Å². The Balaban J connectivity index is 1.69. The van der Waals surface area contributed by atoms with Crippen molar-refractivity contribution in [3.8, 4) is 0 Å². The number of carbonyl (C=O) groups is 3. The summed E-state index contributed by atoms with van der Waals surface area (Å²) in [5.74, 6) is -0.757. The number of benzene rings is 2. The summed E-state index contributed by atoms with van der Waals surface area (Å²) in [7, 11) is 0. The standard InChI is InChI=1S/C22H20N4O4S/c1-12-24-16-4-2-3-14(11-23-20(28)13-5-7-15(31)8-6-13)19(16)22(30)26(12)17-9-10-18(27)25-21(17)29/h2-8,17,31H,9-11H2,1H3,(H,23,28)(H,25,27,29). The second-order valence-corrected chi connectivity index (χ2v) is 7.86. The molecule has 0 aliphatic carbocycles. The maximum absolute atomic E-state index is 13.4. The van der Waals surface area contributed by atoms with Crippen molar-refractivity contribution in [1.29, 1.82) is 0 Å². The summed E-state index contributed by atoms with van der Waals surface area (Å²) < 4.78 is 1.33. The molecular weight excluding hydrogens is 416 g/mol. The molecule has 1 unspecified atom stereocenters. The molecule has 2 heterocycles. The predicted molar refractivity (Wildman–Crippen MR) is 117 cm³/mol. The van der Waals surface area contributed by atoms with E-state index in [9.17, 15) is 19.2 Å². The smallest absolute Gasteiger partial charge is 0.262 e. The number of fused-ring (bicyclic) bond motifs is 1. The van der Waals surface area contributed by atoms with Crippen LogP contribution < -0.4 is 16.2 Å². The lowest BCUT2D eigenvalue weighted by Crippen LogP contribution is -2.45. The topological polar surface area (TPSA) is 110 Å². The van der Waals surface area contributed by atoms with Crippen molar-refractivity contribution in [2.24, 2.45) is 0 Å². The minimum atomic E-state index is -0.801. The molecule has 3 amide bonds. The van der Waals surface area contributed by atoms with Crippen molar-refractivity contribution in [3.05, 3.63) is 69.8 Å². The lowest BCUT2D eigenvalue weighted by atomic mass is 10.0.